The van der Waals surface area contributed by atoms with E-state index in [-0.39, 0.29) is 5.69 Å². The highest BCUT2D eigenvalue weighted by molar-refractivity contribution is 5.95. The Bertz CT molecular complexity index is 566. The van der Waals surface area contributed by atoms with E-state index in [0.29, 0.717) is 5.56 Å². The molecule has 0 saturated carbocycles. The Hall–Kier alpha value is -2.40. The van der Waals surface area contributed by atoms with Crippen molar-refractivity contribution in [2.75, 3.05) is 5.32 Å². The molecule has 0 unspecified atom stereocenters. The Morgan fingerprint density at radius 3 is 2.42 bits per heavy atom. The number of phenolic OH excluding ortho intramolecular Hbond substituents is 1. The number of halogens is 1. The van der Waals surface area contributed by atoms with Gasteiger partial charge in [0.2, 0.25) is 0 Å². The summed E-state index contributed by atoms with van der Waals surface area (Å²) in [6, 6.07) is 11.9. The van der Waals surface area contributed by atoms with Crippen LogP contribution in [0.2, 0.25) is 0 Å². The lowest BCUT2D eigenvalue weighted by atomic mass is 10.1. The molecule has 2 aromatic rings. The lowest BCUT2D eigenvalue weighted by molar-refractivity contribution is -0.124. The van der Waals surface area contributed by atoms with E-state index < -0.39 is 23.6 Å². The number of hydrogen-bond acceptors (Lipinski definition) is 3. The van der Waals surface area contributed by atoms with Gasteiger partial charge in [0.25, 0.3) is 5.91 Å². The van der Waals surface area contributed by atoms with Crippen LogP contribution < -0.4 is 5.32 Å². The number of amides is 1. The van der Waals surface area contributed by atoms with Crippen molar-refractivity contribution >= 4 is 11.6 Å². The molecule has 0 aliphatic rings. The van der Waals surface area contributed by atoms with Crippen LogP contribution in [0.5, 0.6) is 5.75 Å². The largest absolute Gasteiger partial charge is 0.506 e. The number of rotatable bonds is 3. The van der Waals surface area contributed by atoms with Crippen LogP contribution in [0.1, 0.15) is 11.7 Å². The zero-order valence-electron chi connectivity index (χ0n) is 9.88. The maximum absolute atomic E-state index is 13.4. The van der Waals surface area contributed by atoms with Crippen molar-refractivity contribution in [3.05, 3.63) is 59.9 Å². The molecule has 98 valence electrons. The van der Waals surface area contributed by atoms with E-state index in [1.165, 1.54) is 12.1 Å². The van der Waals surface area contributed by atoms with Crippen LogP contribution in [-0.4, -0.2) is 16.1 Å². The lowest BCUT2D eigenvalue weighted by Crippen LogP contribution is -2.21. The van der Waals surface area contributed by atoms with E-state index in [1.54, 1.807) is 30.3 Å². The van der Waals surface area contributed by atoms with Gasteiger partial charge in [-0.15, -0.1) is 0 Å². The average Bonchev–Trinajstić information content (AvgIpc) is 2.43. The second-order valence-corrected chi connectivity index (χ2v) is 3.94. The highest BCUT2D eigenvalue weighted by Gasteiger charge is 2.19. The van der Waals surface area contributed by atoms with E-state index in [2.05, 4.69) is 5.32 Å². The van der Waals surface area contributed by atoms with Gasteiger partial charge in [-0.1, -0.05) is 36.4 Å². The summed E-state index contributed by atoms with van der Waals surface area (Å²) in [5.74, 6) is -1.98. The number of aliphatic hydroxyl groups excluding tert-OH is 1. The predicted octanol–water partition coefficient (Wildman–Crippen LogP) is 2.20. The van der Waals surface area contributed by atoms with Gasteiger partial charge in [-0.05, 0) is 17.7 Å². The molecule has 5 heteroatoms. The maximum atomic E-state index is 13.4. The van der Waals surface area contributed by atoms with Crippen molar-refractivity contribution in [2.24, 2.45) is 0 Å². The number of phenols is 1. The molecule has 2 aromatic carbocycles. The van der Waals surface area contributed by atoms with E-state index >= 15 is 0 Å². The standard InChI is InChI=1S/C14H12FNO3/c15-10-7-4-8-11(17)12(10)16-14(19)13(18)9-5-2-1-3-6-9/h1-8,13,17-18H,(H,16,19)/t13-/m1/s1. The topological polar surface area (TPSA) is 69.6 Å². The number of aromatic hydroxyl groups is 1. The van der Waals surface area contributed by atoms with E-state index in [9.17, 15) is 19.4 Å². The number of hydrogen-bond donors (Lipinski definition) is 3. The summed E-state index contributed by atoms with van der Waals surface area (Å²) >= 11 is 0. The molecule has 0 spiro atoms. The molecule has 0 radical (unpaired) electrons. The molecular weight excluding hydrogens is 249 g/mol. The minimum Gasteiger partial charge on any atom is -0.506 e. The van der Waals surface area contributed by atoms with Gasteiger partial charge in [0.1, 0.15) is 11.4 Å². The quantitative estimate of drug-likeness (QED) is 0.742. The van der Waals surface area contributed by atoms with Crippen molar-refractivity contribution in [1.29, 1.82) is 0 Å². The second-order valence-electron chi connectivity index (χ2n) is 3.94. The third-order valence-corrected chi connectivity index (χ3v) is 2.60. The summed E-state index contributed by atoms with van der Waals surface area (Å²) in [5.41, 5.74) is 0.0401. The van der Waals surface area contributed by atoms with Crippen LogP contribution in [-0.2, 0) is 4.79 Å². The summed E-state index contributed by atoms with van der Waals surface area (Å²) in [7, 11) is 0. The number of nitrogens with one attached hydrogen (secondary N) is 1. The van der Waals surface area contributed by atoms with Gasteiger partial charge in [0.15, 0.2) is 11.9 Å². The van der Waals surface area contributed by atoms with Crippen molar-refractivity contribution < 1.29 is 19.4 Å². The minimum absolute atomic E-state index is 0.345. The molecule has 0 aliphatic heterocycles. The minimum atomic E-state index is -1.43. The second kappa shape index (κ2) is 5.49. The van der Waals surface area contributed by atoms with E-state index in [0.717, 1.165) is 6.07 Å². The van der Waals surface area contributed by atoms with E-state index in [1.807, 2.05) is 0 Å². The fourth-order valence-corrected chi connectivity index (χ4v) is 1.61. The zero-order chi connectivity index (χ0) is 13.8. The molecule has 0 heterocycles. The van der Waals surface area contributed by atoms with Crippen LogP contribution in [0.15, 0.2) is 48.5 Å². The fraction of sp³-hybridized carbons (Fsp3) is 0.0714. The first-order valence-corrected chi connectivity index (χ1v) is 5.61. The molecule has 19 heavy (non-hydrogen) atoms. The Balaban J connectivity index is 2.18. The van der Waals surface area contributed by atoms with Gasteiger partial charge in [0.05, 0.1) is 0 Å². The predicted molar refractivity (Wildman–Crippen MR) is 68.1 cm³/mol. The summed E-state index contributed by atoms with van der Waals surface area (Å²) in [6.07, 6.45) is -1.43. The smallest absolute Gasteiger partial charge is 0.258 e. The van der Waals surface area contributed by atoms with Gasteiger partial charge in [-0.3, -0.25) is 4.79 Å². The number of aliphatic hydroxyl groups is 1. The molecule has 3 N–H and O–H groups in total. The third-order valence-electron chi connectivity index (χ3n) is 2.60. The first kappa shape index (κ1) is 13.0. The van der Waals surface area contributed by atoms with E-state index in [4.69, 9.17) is 0 Å². The summed E-state index contributed by atoms with van der Waals surface area (Å²) in [5, 5.41) is 21.4. The number of anilines is 1. The molecule has 0 aromatic heterocycles. The van der Waals surface area contributed by atoms with Crippen molar-refractivity contribution in [2.45, 2.75) is 6.10 Å². The molecule has 0 aliphatic carbocycles. The third kappa shape index (κ3) is 2.89. The Morgan fingerprint density at radius 1 is 1.11 bits per heavy atom. The summed E-state index contributed by atoms with van der Waals surface area (Å²) < 4.78 is 13.4. The van der Waals surface area contributed by atoms with Gasteiger partial charge in [0, 0.05) is 0 Å². The molecule has 4 nitrogen and oxygen atoms in total. The molecule has 0 saturated heterocycles. The normalized spacial score (nSPS) is 11.9. The van der Waals surface area contributed by atoms with Gasteiger partial charge in [-0.25, -0.2) is 4.39 Å². The SMILES string of the molecule is O=C(Nc1c(O)cccc1F)[C@H](O)c1ccccc1. The highest BCUT2D eigenvalue weighted by atomic mass is 19.1. The molecule has 0 fully saturated rings. The van der Waals surface area contributed by atoms with Crippen LogP contribution in [0.4, 0.5) is 10.1 Å². The van der Waals surface area contributed by atoms with Gasteiger partial charge < -0.3 is 15.5 Å². The molecule has 0 bridgehead atoms. The highest BCUT2D eigenvalue weighted by Crippen LogP contribution is 2.27. The summed E-state index contributed by atoms with van der Waals surface area (Å²) in [4.78, 5) is 11.8. The molecule has 2 rings (SSSR count). The fourth-order valence-electron chi connectivity index (χ4n) is 1.61. The molecule has 1 atom stereocenters. The van der Waals surface area contributed by atoms with Crippen LogP contribution in [0.25, 0.3) is 0 Å². The molecular formula is C14H12FNO3. The monoisotopic (exact) mass is 261 g/mol. The number of para-hydroxylation sites is 1. The van der Waals surface area contributed by atoms with Crippen molar-refractivity contribution in [3.8, 4) is 5.75 Å². The average molecular weight is 261 g/mol. The molecule has 1 amide bonds. The Morgan fingerprint density at radius 2 is 1.79 bits per heavy atom. The van der Waals surface area contributed by atoms with Crippen LogP contribution in [0, 0.1) is 5.82 Å². The number of carbonyl (C=O) groups excluding carboxylic acids is 1. The van der Waals surface area contributed by atoms with Crippen molar-refractivity contribution in [1.82, 2.24) is 0 Å². The van der Waals surface area contributed by atoms with Crippen molar-refractivity contribution in [3.63, 3.8) is 0 Å². The Labute approximate surface area is 109 Å². The maximum Gasteiger partial charge on any atom is 0.258 e. The van der Waals surface area contributed by atoms with Gasteiger partial charge in [-0.2, -0.15) is 0 Å². The first-order chi connectivity index (χ1) is 9.09. The Kier molecular flexibility index (Phi) is 3.77. The van der Waals surface area contributed by atoms with Gasteiger partial charge >= 0.3 is 0 Å². The zero-order valence-corrected chi connectivity index (χ0v) is 9.88. The number of benzene rings is 2. The first-order valence-electron chi connectivity index (χ1n) is 5.61. The van der Waals surface area contributed by atoms with Crippen LogP contribution >= 0.6 is 0 Å². The lowest BCUT2D eigenvalue weighted by Gasteiger charge is -2.13. The summed E-state index contributed by atoms with van der Waals surface area (Å²) in [6.45, 7) is 0. The van der Waals surface area contributed by atoms with Crippen LogP contribution in [0.3, 0.4) is 0 Å². The number of carbonyl (C=O) groups is 1.